The number of carbonyl (C=O) groups excluding carboxylic acids is 1. The van der Waals surface area contributed by atoms with Crippen molar-refractivity contribution in [1.29, 1.82) is 0 Å². The lowest BCUT2D eigenvalue weighted by atomic mass is 9.72. The molecule has 10 nitrogen and oxygen atoms in total. The Balaban J connectivity index is 1.04. The van der Waals surface area contributed by atoms with Crippen molar-refractivity contribution in [3.8, 4) is 17.2 Å². The number of nitrogens with one attached hydrogen (secondary N) is 1. The Hall–Kier alpha value is -5.00. The number of hydrogen-bond donors (Lipinski definition) is 1. The highest BCUT2D eigenvalue weighted by Gasteiger charge is 2.39. The number of carbonyl (C=O) groups is 1. The van der Waals surface area contributed by atoms with Crippen LogP contribution in [0.3, 0.4) is 0 Å². The molecule has 1 spiro atoms. The summed E-state index contributed by atoms with van der Waals surface area (Å²) in [4.78, 5) is 33.3. The number of fused-ring (bicyclic) bond motifs is 1. The van der Waals surface area contributed by atoms with Crippen molar-refractivity contribution in [2.75, 3.05) is 50.2 Å². The van der Waals surface area contributed by atoms with Crippen molar-refractivity contribution < 1.29 is 23.4 Å². The molecule has 1 unspecified atom stereocenters. The van der Waals surface area contributed by atoms with Gasteiger partial charge in [0, 0.05) is 68.8 Å². The fourth-order valence-electron chi connectivity index (χ4n) is 7.18. The molecule has 1 N–H and O–H groups in total. The number of pyridine rings is 1. The van der Waals surface area contributed by atoms with E-state index >= 15 is 4.39 Å². The molecule has 4 heterocycles. The van der Waals surface area contributed by atoms with E-state index in [1.807, 2.05) is 36.4 Å². The van der Waals surface area contributed by atoms with Crippen LogP contribution in [0.4, 0.5) is 15.8 Å². The highest BCUT2D eigenvalue weighted by Crippen LogP contribution is 2.41. The number of halogens is 1. The van der Waals surface area contributed by atoms with E-state index in [1.54, 1.807) is 49.1 Å². The van der Waals surface area contributed by atoms with Crippen molar-refractivity contribution in [1.82, 2.24) is 14.3 Å². The van der Waals surface area contributed by atoms with Gasteiger partial charge >= 0.3 is 0 Å². The van der Waals surface area contributed by atoms with Gasteiger partial charge in [-0.15, -0.1) is 0 Å². The van der Waals surface area contributed by atoms with Crippen molar-refractivity contribution in [3.05, 3.63) is 106 Å². The van der Waals surface area contributed by atoms with Crippen LogP contribution < -0.4 is 20.5 Å². The van der Waals surface area contributed by atoms with E-state index < -0.39 is 17.3 Å². The zero-order chi connectivity index (χ0) is 34.1. The third kappa shape index (κ3) is 6.56. The second-order valence-electron chi connectivity index (χ2n) is 13.2. The van der Waals surface area contributed by atoms with Gasteiger partial charge in [-0.25, -0.2) is 9.07 Å². The molecule has 1 amide bonds. The van der Waals surface area contributed by atoms with Crippen molar-refractivity contribution in [2.24, 2.45) is 18.4 Å². The lowest BCUT2D eigenvalue weighted by Gasteiger charge is -2.44. The van der Waals surface area contributed by atoms with Crippen LogP contribution in [0, 0.1) is 24.1 Å². The molecule has 2 aliphatic rings. The topological polar surface area (TPSA) is 99.9 Å². The molecule has 2 saturated heterocycles. The third-order valence-electron chi connectivity index (χ3n) is 9.89. The van der Waals surface area contributed by atoms with Gasteiger partial charge < -0.3 is 24.4 Å². The van der Waals surface area contributed by atoms with E-state index in [1.165, 1.54) is 16.8 Å². The summed E-state index contributed by atoms with van der Waals surface area (Å²) in [5.74, 6) is -0.411. The van der Waals surface area contributed by atoms with E-state index in [4.69, 9.17) is 14.2 Å². The second kappa shape index (κ2) is 13.5. The van der Waals surface area contributed by atoms with Gasteiger partial charge in [-0.2, -0.15) is 0 Å². The van der Waals surface area contributed by atoms with Gasteiger partial charge in [-0.1, -0.05) is 18.2 Å². The molecule has 7 rings (SSSR count). The summed E-state index contributed by atoms with van der Waals surface area (Å²) in [5, 5.41) is 3.41. The Labute approximate surface area is 284 Å². The van der Waals surface area contributed by atoms with Crippen LogP contribution >= 0.6 is 0 Å². The summed E-state index contributed by atoms with van der Waals surface area (Å²) >= 11 is 0. The summed E-state index contributed by atoms with van der Waals surface area (Å²) in [5.41, 5.74) is 2.82. The first-order valence-electron chi connectivity index (χ1n) is 16.6. The first kappa shape index (κ1) is 32.5. The average molecular weight is 666 g/mol. The Morgan fingerprint density at radius 2 is 1.86 bits per heavy atom. The Bertz CT molecular complexity index is 2050. The normalized spacial score (nSPS) is 17.3. The van der Waals surface area contributed by atoms with Crippen molar-refractivity contribution in [3.63, 3.8) is 0 Å². The maximum atomic E-state index is 15.4. The molecule has 11 heteroatoms. The maximum Gasteiger partial charge on any atom is 0.284 e. The molecule has 0 bridgehead atoms. The average Bonchev–Trinajstić information content (AvgIpc) is 3.33. The lowest BCUT2D eigenvalue weighted by Crippen LogP contribution is -2.43. The standard InChI is InChI=1S/C38H40FN5O5/c1-25-35(37(46)44(43(25)3)28-7-5-4-6-8-28)36(45)41-27-9-12-34(31(39)19-27)49-33-13-16-40-32-20-29(10-11-30(32)33)42(2)22-26-21-38(24-48-23-26)14-17-47-18-15-38/h4-13,16,19-20,26H,14-15,17-18,21-24H2,1-3H3,(H,41,45). The summed E-state index contributed by atoms with van der Waals surface area (Å²) in [6.45, 7) is 5.76. The molecule has 3 aromatic carbocycles. The van der Waals surface area contributed by atoms with Gasteiger partial charge in [0.15, 0.2) is 11.6 Å². The molecule has 2 fully saturated rings. The molecule has 2 aromatic heterocycles. The molecule has 2 aliphatic heterocycles. The lowest BCUT2D eigenvalue weighted by molar-refractivity contribution is -0.0923. The van der Waals surface area contributed by atoms with Crippen LogP contribution in [-0.2, 0) is 16.5 Å². The number of rotatable bonds is 8. The number of amides is 1. The minimum absolute atomic E-state index is 0.00615. The summed E-state index contributed by atoms with van der Waals surface area (Å²) in [6, 6.07) is 20.9. The fraction of sp³-hybridized carbons (Fsp3) is 0.342. The minimum Gasteiger partial charge on any atom is -0.454 e. The van der Waals surface area contributed by atoms with E-state index in [0.717, 1.165) is 68.8 Å². The number of nitrogens with zero attached hydrogens (tertiary/aromatic N) is 4. The summed E-state index contributed by atoms with van der Waals surface area (Å²) in [7, 11) is 3.80. The van der Waals surface area contributed by atoms with Crippen LogP contribution in [0.5, 0.6) is 11.5 Å². The maximum absolute atomic E-state index is 15.4. The Morgan fingerprint density at radius 1 is 1.06 bits per heavy atom. The van der Waals surface area contributed by atoms with E-state index in [-0.39, 0.29) is 22.4 Å². The molecular weight excluding hydrogens is 625 g/mol. The van der Waals surface area contributed by atoms with Gasteiger partial charge in [0.1, 0.15) is 11.3 Å². The number of benzene rings is 3. The highest BCUT2D eigenvalue weighted by molar-refractivity contribution is 6.05. The predicted molar refractivity (Wildman–Crippen MR) is 187 cm³/mol. The Kier molecular flexibility index (Phi) is 8.96. The zero-order valence-electron chi connectivity index (χ0n) is 27.9. The molecule has 0 radical (unpaired) electrons. The van der Waals surface area contributed by atoms with Gasteiger partial charge in [0.05, 0.1) is 30.1 Å². The molecule has 0 saturated carbocycles. The van der Waals surface area contributed by atoms with E-state index in [2.05, 4.69) is 22.2 Å². The van der Waals surface area contributed by atoms with Crippen LogP contribution in [0.15, 0.2) is 83.8 Å². The van der Waals surface area contributed by atoms with Crippen molar-refractivity contribution in [2.45, 2.75) is 26.2 Å². The number of hydrogen-bond acceptors (Lipinski definition) is 7. The number of para-hydroxylation sites is 1. The smallest absolute Gasteiger partial charge is 0.284 e. The zero-order valence-corrected chi connectivity index (χ0v) is 27.9. The predicted octanol–water partition coefficient (Wildman–Crippen LogP) is 6.49. The van der Waals surface area contributed by atoms with Crippen LogP contribution in [0.2, 0.25) is 0 Å². The first-order valence-corrected chi connectivity index (χ1v) is 16.6. The van der Waals surface area contributed by atoms with Crippen LogP contribution in [0.25, 0.3) is 16.6 Å². The van der Waals surface area contributed by atoms with Crippen molar-refractivity contribution >= 4 is 28.2 Å². The van der Waals surface area contributed by atoms with Gasteiger partial charge in [-0.05, 0) is 80.1 Å². The third-order valence-corrected chi connectivity index (χ3v) is 9.89. The van der Waals surface area contributed by atoms with E-state index in [0.29, 0.717) is 23.0 Å². The SMILES string of the molecule is Cc1c(C(=O)Nc2ccc(Oc3ccnc4cc(N(C)CC5COCC6(CCOCC6)C5)ccc34)c(F)c2)c(=O)n(-c2ccccc2)n1C. The van der Waals surface area contributed by atoms with Gasteiger partial charge in [0.2, 0.25) is 0 Å². The molecular formula is C38H40FN5O5. The molecule has 49 heavy (non-hydrogen) atoms. The van der Waals surface area contributed by atoms with Crippen LogP contribution in [0.1, 0.15) is 35.3 Å². The minimum atomic E-state index is -0.664. The first-order chi connectivity index (χ1) is 23.7. The van der Waals surface area contributed by atoms with E-state index in [9.17, 15) is 9.59 Å². The quantitative estimate of drug-likeness (QED) is 0.202. The highest BCUT2D eigenvalue weighted by atomic mass is 19.1. The number of ether oxygens (including phenoxy) is 3. The van der Waals surface area contributed by atoms with Crippen LogP contribution in [-0.4, -0.2) is 60.3 Å². The van der Waals surface area contributed by atoms with Gasteiger partial charge in [0.25, 0.3) is 11.5 Å². The molecule has 1 atom stereocenters. The summed E-state index contributed by atoms with van der Waals surface area (Å²) in [6.07, 6.45) is 4.89. The number of aromatic nitrogens is 3. The molecule has 254 valence electrons. The fourth-order valence-corrected chi connectivity index (χ4v) is 7.18. The summed E-state index contributed by atoms with van der Waals surface area (Å²) < 4.78 is 36.1. The van der Waals surface area contributed by atoms with Gasteiger partial charge in [-0.3, -0.25) is 19.3 Å². The number of anilines is 2. The largest absolute Gasteiger partial charge is 0.454 e. The molecule has 0 aliphatic carbocycles. The molecule has 5 aromatic rings. The monoisotopic (exact) mass is 665 g/mol. The Morgan fingerprint density at radius 3 is 2.63 bits per heavy atom. The second-order valence-corrected chi connectivity index (χ2v) is 13.2.